The fourth-order valence-corrected chi connectivity index (χ4v) is 1.75. The molecule has 2 aromatic rings. The van der Waals surface area contributed by atoms with Crippen LogP contribution in [-0.4, -0.2) is 21.4 Å². The Hall–Kier alpha value is -1.98. The number of aromatic nitrogens is 2. The molecule has 1 aromatic carbocycles. The van der Waals surface area contributed by atoms with Crippen LogP contribution in [0, 0.1) is 0 Å². The van der Waals surface area contributed by atoms with Crippen LogP contribution in [0.3, 0.4) is 0 Å². The third kappa shape index (κ3) is 3.27. The van der Waals surface area contributed by atoms with Crippen LogP contribution in [0.1, 0.15) is 21.5 Å². The molecule has 1 heterocycles. The summed E-state index contributed by atoms with van der Waals surface area (Å²) in [5.74, 6) is 0.404. The van der Waals surface area contributed by atoms with Crippen LogP contribution in [0.15, 0.2) is 30.6 Å². The minimum Gasteiger partial charge on any atom is -0.392 e. The fraction of sp³-hybridized carbons (Fsp3) is 0.154. The fourth-order valence-electron chi connectivity index (χ4n) is 1.57. The van der Waals surface area contributed by atoms with Crippen molar-refractivity contribution in [2.75, 3.05) is 5.32 Å². The molecule has 0 bridgehead atoms. The van der Waals surface area contributed by atoms with Crippen molar-refractivity contribution in [1.82, 2.24) is 9.97 Å². The van der Waals surface area contributed by atoms with Gasteiger partial charge in [0.2, 0.25) is 0 Å². The van der Waals surface area contributed by atoms with Crippen molar-refractivity contribution in [3.63, 3.8) is 0 Å². The first-order valence-corrected chi connectivity index (χ1v) is 6.00. The molecular formula is C13H12ClN3O2. The van der Waals surface area contributed by atoms with Crippen molar-refractivity contribution in [3.8, 4) is 0 Å². The quantitative estimate of drug-likeness (QED) is 0.646. The second kappa shape index (κ2) is 6.26. The van der Waals surface area contributed by atoms with E-state index in [0.717, 1.165) is 11.1 Å². The number of halogens is 1. The van der Waals surface area contributed by atoms with Crippen LogP contribution in [0.2, 0.25) is 5.15 Å². The first kappa shape index (κ1) is 13.5. The number of rotatable bonds is 5. The van der Waals surface area contributed by atoms with Crippen LogP contribution in [0.4, 0.5) is 5.82 Å². The first-order valence-electron chi connectivity index (χ1n) is 5.63. The Balaban J connectivity index is 2.09. The van der Waals surface area contributed by atoms with Gasteiger partial charge in [-0.15, -0.1) is 0 Å². The normalized spacial score (nSPS) is 10.2. The Labute approximate surface area is 115 Å². The number of carbonyl (C=O) groups excluding carboxylic acids is 1. The van der Waals surface area contributed by atoms with Crippen molar-refractivity contribution in [2.24, 2.45) is 0 Å². The highest BCUT2D eigenvalue weighted by molar-refractivity contribution is 6.32. The molecule has 6 heteroatoms. The van der Waals surface area contributed by atoms with Crippen LogP contribution in [0.5, 0.6) is 0 Å². The third-order valence-electron chi connectivity index (χ3n) is 2.62. The van der Waals surface area contributed by atoms with E-state index in [1.54, 1.807) is 0 Å². The highest BCUT2D eigenvalue weighted by Gasteiger charge is 2.08. The molecule has 0 saturated heterocycles. The summed E-state index contributed by atoms with van der Waals surface area (Å²) in [4.78, 5) is 18.6. The van der Waals surface area contributed by atoms with Gasteiger partial charge in [-0.2, -0.15) is 0 Å². The summed E-state index contributed by atoms with van der Waals surface area (Å²) in [6.45, 7) is 0.518. The topological polar surface area (TPSA) is 75.1 Å². The van der Waals surface area contributed by atoms with Gasteiger partial charge >= 0.3 is 0 Å². The van der Waals surface area contributed by atoms with Gasteiger partial charge in [-0.1, -0.05) is 35.9 Å². The lowest BCUT2D eigenvalue weighted by atomic mass is 10.1. The second-order valence-corrected chi connectivity index (χ2v) is 4.23. The molecule has 0 amide bonds. The number of aliphatic hydroxyl groups is 1. The van der Waals surface area contributed by atoms with Crippen LogP contribution < -0.4 is 5.32 Å². The Kier molecular flexibility index (Phi) is 4.43. The van der Waals surface area contributed by atoms with E-state index < -0.39 is 0 Å². The van der Waals surface area contributed by atoms with Crippen molar-refractivity contribution in [1.29, 1.82) is 0 Å². The lowest BCUT2D eigenvalue weighted by Crippen LogP contribution is -2.05. The maximum absolute atomic E-state index is 10.9. The number of aliphatic hydroxyl groups excluding tert-OH is 1. The van der Waals surface area contributed by atoms with Crippen LogP contribution in [-0.2, 0) is 13.2 Å². The number of nitrogens with zero attached hydrogens (tertiary/aromatic N) is 2. The standard InChI is InChI=1S/C13H12ClN3O2/c14-12-11(7-19)13(17-8-16-12)15-5-9-1-3-10(6-18)4-2-9/h1-4,7-8,18H,5-6H2,(H,15,16,17). The summed E-state index contributed by atoms with van der Waals surface area (Å²) in [6.07, 6.45) is 1.92. The molecule has 1 aromatic heterocycles. The molecule has 2 rings (SSSR count). The molecule has 0 aliphatic rings. The number of carbonyl (C=O) groups is 1. The van der Waals surface area contributed by atoms with Crippen molar-refractivity contribution in [2.45, 2.75) is 13.2 Å². The second-order valence-electron chi connectivity index (χ2n) is 3.87. The van der Waals surface area contributed by atoms with E-state index in [1.807, 2.05) is 24.3 Å². The predicted octanol–water partition coefficient (Wildman–Crippen LogP) is 2.05. The highest BCUT2D eigenvalue weighted by Crippen LogP contribution is 2.18. The van der Waals surface area contributed by atoms with Gasteiger partial charge in [-0.05, 0) is 11.1 Å². The molecule has 0 fully saturated rings. The van der Waals surface area contributed by atoms with E-state index >= 15 is 0 Å². The third-order valence-corrected chi connectivity index (χ3v) is 2.92. The SMILES string of the molecule is O=Cc1c(Cl)ncnc1NCc1ccc(CO)cc1. The van der Waals surface area contributed by atoms with E-state index in [1.165, 1.54) is 6.33 Å². The molecule has 2 N–H and O–H groups in total. The first-order chi connectivity index (χ1) is 9.24. The van der Waals surface area contributed by atoms with Gasteiger partial charge in [0.05, 0.1) is 12.2 Å². The molecule has 5 nitrogen and oxygen atoms in total. The lowest BCUT2D eigenvalue weighted by molar-refractivity contribution is 0.112. The molecule has 0 radical (unpaired) electrons. The summed E-state index contributed by atoms with van der Waals surface area (Å²) in [5.41, 5.74) is 2.10. The van der Waals surface area contributed by atoms with E-state index in [2.05, 4.69) is 15.3 Å². The van der Waals surface area contributed by atoms with Crippen LogP contribution in [0.25, 0.3) is 0 Å². The molecule has 0 aliphatic heterocycles. The average Bonchev–Trinajstić information content (AvgIpc) is 2.45. The zero-order chi connectivity index (χ0) is 13.7. The van der Waals surface area contributed by atoms with Gasteiger partial charge in [0.15, 0.2) is 6.29 Å². The van der Waals surface area contributed by atoms with Crippen molar-refractivity contribution in [3.05, 3.63) is 52.4 Å². The number of benzene rings is 1. The minimum absolute atomic E-state index is 0.0184. The largest absolute Gasteiger partial charge is 0.392 e. The van der Waals surface area contributed by atoms with E-state index in [0.29, 0.717) is 18.6 Å². The van der Waals surface area contributed by atoms with E-state index in [4.69, 9.17) is 16.7 Å². The van der Waals surface area contributed by atoms with E-state index in [9.17, 15) is 4.79 Å². The van der Waals surface area contributed by atoms with Gasteiger partial charge in [-0.25, -0.2) is 9.97 Å². The highest BCUT2D eigenvalue weighted by atomic mass is 35.5. The number of hydrogen-bond donors (Lipinski definition) is 2. The summed E-state index contributed by atoms with van der Waals surface area (Å²) < 4.78 is 0. The smallest absolute Gasteiger partial charge is 0.156 e. The van der Waals surface area contributed by atoms with Crippen molar-refractivity contribution < 1.29 is 9.90 Å². The molecule has 0 spiro atoms. The van der Waals surface area contributed by atoms with E-state index in [-0.39, 0.29) is 17.3 Å². The summed E-state index contributed by atoms with van der Waals surface area (Å²) in [7, 11) is 0. The number of aldehydes is 1. The summed E-state index contributed by atoms with van der Waals surface area (Å²) in [6, 6.07) is 7.46. The molecule has 98 valence electrons. The Bertz CT molecular complexity index is 573. The Morgan fingerprint density at radius 3 is 2.53 bits per heavy atom. The summed E-state index contributed by atoms with van der Waals surface area (Å²) in [5, 5.41) is 12.1. The summed E-state index contributed by atoms with van der Waals surface area (Å²) >= 11 is 5.80. The minimum atomic E-state index is 0.0184. The maximum atomic E-state index is 10.9. The molecule has 19 heavy (non-hydrogen) atoms. The molecule has 0 saturated carbocycles. The zero-order valence-corrected chi connectivity index (χ0v) is 10.8. The number of anilines is 1. The van der Waals surface area contributed by atoms with Gasteiger partial charge < -0.3 is 10.4 Å². The van der Waals surface area contributed by atoms with Crippen molar-refractivity contribution >= 4 is 23.7 Å². The Morgan fingerprint density at radius 2 is 1.89 bits per heavy atom. The molecule has 0 aliphatic carbocycles. The lowest BCUT2D eigenvalue weighted by Gasteiger charge is -2.08. The van der Waals surface area contributed by atoms with Crippen LogP contribution >= 0.6 is 11.6 Å². The van der Waals surface area contributed by atoms with Gasteiger partial charge in [0, 0.05) is 6.54 Å². The molecular weight excluding hydrogens is 266 g/mol. The number of nitrogens with one attached hydrogen (secondary N) is 1. The monoisotopic (exact) mass is 277 g/mol. The molecule has 0 atom stereocenters. The molecule has 0 unspecified atom stereocenters. The maximum Gasteiger partial charge on any atom is 0.156 e. The zero-order valence-electron chi connectivity index (χ0n) is 10.0. The predicted molar refractivity (Wildman–Crippen MR) is 72.1 cm³/mol. The van der Waals surface area contributed by atoms with Gasteiger partial charge in [0.25, 0.3) is 0 Å². The van der Waals surface area contributed by atoms with Gasteiger partial charge in [-0.3, -0.25) is 4.79 Å². The average molecular weight is 278 g/mol. The Morgan fingerprint density at radius 1 is 1.21 bits per heavy atom. The number of hydrogen-bond acceptors (Lipinski definition) is 5. The van der Waals surface area contributed by atoms with Gasteiger partial charge in [0.1, 0.15) is 17.3 Å².